The Morgan fingerprint density at radius 3 is 2.61 bits per heavy atom. The maximum atomic E-state index is 12.7. The number of rotatable bonds is 5. The number of carbonyl (C=O) groups excluding carboxylic acids is 1. The molecular formula is C24H34N6O. The van der Waals surface area contributed by atoms with Gasteiger partial charge in [0.25, 0.3) is 5.91 Å². The normalized spacial score (nSPS) is 22.0. The summed E-state index contributed by atoms with van der Waals surface area (Å²) in [5.74, 6) is 0.177. The van der Waals surface area contributed by atoms with Crippen molar-refractivity contribution < 1.29 is 7.54 Å². The van der Waals surface area contributed by atoms with E-state index in [9.17, 15) is 4.79 Å². The molecule has 31 heavy (non-hydrogen) atoms. The van der Waals surface area contributed by atoms with Gasteiger partial charge in [0.15, 0.2) is 0 Å². The van der Waals surface area contributed by atoms with E-state index in [1.54, 1.807) is 47.6 Å². The summed E-state index contributed by atoms with van der Waals surface area (Å²) < 4.78 is 17.4. The molecule has 2 aromatic rings. The van der Waals surface area contributed by atoms with E-state index in [2.05, 4.69) is 38.9 Å². The smallest absolute Gasteiger partial charge is 0.274 e. The number of piperidine rings is 1. The van der Waals surface area contributed by atoms with Crippen molar-refractivity contribution in [2.24, 2.45) is 0 Å². The van der Waals surface area contributed by atoms with Crippen LogP contribution in [-0.2, 0) is 0 Å². The molecule has 4 rings (SSSR count). The van der Waals surface area contributed by atoms with Crippen molar-refractivity contribution in [3.05, 3.63) is 48.4 Å². The molecule has 0 aromatic carbocycles. The van der Waals surface area contributed by atoms with Gasteiger partial charge < -0.3 is 15.1 Å². The van der Waals surface area contributed by atoms with Crippen molar-refractivity contribution in [2.75, 3.05) is 49.4 Å². The first-order valence-corrected chi connectivity index (χ1v) is 11.3. The third-order valence-corrected chi connectivity index (χ3v) is 6.24. The van der Waals surface area contributed by atoms with E-state index in [0.717, 1.165) is 39.0 Å². The SMILES string of the molecule is [2H]C1([2H])CCN(C2CCN(C(C)C)CC2)CCN1c1cccc(C(=O)Nc2ccncc2)n1. The highest BCUT2D eigenvalue weighted by molar-refractivity contribution is 6.03. The van der Waals surface area contributed by atoms with Crippen LogP contribution in [0.15, 0.2) is 42.7 Å². The van der Waals surface area contributed by atoms with Crippen molar-refractivity contribution >= 4 is 17.4 Å². The van der Waals surface area contributed by atoms with E-state index in [4.69, 9.17) is 2.74 Å². The van der Waals surface area contributed by atoms with Crippen LogP contribution in [0.5, 0.6) is 0 Å². The number of amides is 1. The second-order valence-electron chi connectivity index (χ2n) is 8.53. The summed E-state index contributed by atoms with van der Waals surface area (Å²) in [6, 6.07) is 9.73. The number of likely N-dealkylation sites (tertiary alicyclic amines) is 1. The first-order chi connectivity index (χ1) is 15.8. The van der Waals surface area contributed by atoms with Gasteiger partial charge in [-0.1, -0.05) is 6.07 Å². The van der Waals surface area contributed by atoms with Gasteiger partial charge in [-0.3, -0.25) is 14.7 Å². The summed E-state index contributed by atoms with van der Waals surface area (Å²) in [6.07, 6.45) is 5.90. The van der Waals surface area contributed by atoms with Crippen molar-refractivity contribution in [1.29, 1.82) is 0 Å². The minimum atomic E-state index is -1.53. The molecule has 0 radical (unpaired) electrons. The highest BCUT2D eigenvalue weighted by atomic mass is 16.1. The molecule has 1 N–H and O–H groups in total. The monoisotopic (exact) mass is 424 g/mol. The number of nitrogens with zero attached hydrogens (tertiary/aromatic N) is 5. The lowest BCUT2D eigenvalue weighted by molar-refractivity contribution is 0.0965. The Morgan fingerprint density at radius 1 is 1.10 bits per heavy atom. The van der Waals surface area contributed by atoms with Crippen molar-refractivity contribution in [3.63, 3.8) is 0 Å². The lowest BCUT2D eigenvalue weighted by Crippen LogP contribution is -2.47. The quantitative estimate of drug-likeness (QED) is 0.796. The van der Waals surface area contributed by atoms with Crippen LogP contribution < -0.4 is 10.2 Å². The van der Waals surface area contributed by atoms with Gasteiger partial charge in [0, 0.05) is 59.0 Å². The second-order valence-corrected chi connectivity index (χ2v) is 8.53. The molecule has 1 amide bonds. The zero-order valence-corrected chi connectivity index (χ0v) is 18.5. The van der Waals surface area contributed by atoms with Crippen LogP contribution in [0.3, 0.4) is 0 Å². The standard InChI is InChI=1S/C24H34N6O/c1-19(2)28-15-9-21(10-16-28)29-13-4-14-30(18-17-29)23-6-3-5-22(27-23)24(31)26-20-7-11-25-12-8-20/h3,5-8,11-12,19,21H,4,9-10,13-18H2,1-2H3,(H,25,26,31)/i14D2. The molecule has 0 atom stereocenters. The number of anilines is 2. The third-order valence-electron chi connectivity index (χ3n) is 6.24. The van der Waals surface area contributed by atoms with E-state index >= 15 is 0 Å². The van der Waals surface area contributed by atoms with Crippen molar-refractivity contribution in [3.8, 4) is 0 Å². The molecule has 7 nitrogen and oxygen atoms in total. The van der Waals surface area contributed by atoms with Crippen LogP contribution in [-0.4, -0.2) is 77.0 Å². The fourth-order valence-electron chi connectivity index (χ4n) is 4.41. The lowest BCUT2D eigenvalue weighted by atomic mass is 10.0. The summed E-state index contributed by atoms with van der Waals surface area (Å²) in [5, 5.41) is 2.82. The fraction of sp³-hybridized carbons (Fsp3) is 0.542. The van der Waals surface area contributed by atoms with E-state index in [0.29, 0.717) is 36.6 Å². The van der Waals surface area contributed by atoms with Crippen LogP contribution in [0.4, 0.5) is 11.5 Å². The average molecular weight is 425 g/mol. The van der Waals surface area contributed by atoms with Gasteiger partial charge >= 0.3 is 0 Å². The maximum absolute atomic E-state index is 12.7. The third kappa shape index (κ3) is 5.60. The molecule has 0 aliphatic carbocycles. The maximum Gasteiger partial charge on any atom is 0.274 e. The van der Waals surface area contributed by atoms with E-state index < -0.39 is 6.50 Å². The summed E-state index contributed by atoms with van der Waals surface area (Å²) in [6.45, 7) is 7.24. The Balaban J connectivity index is 1.44. The van der Waals surface area contributed by atoms with Gasteiger partial charge in [0.2, 0.25) is 0 Å². The number of hydrogen-bond donors (Lipinski definition) is 1. The second kappa shape index (κ2) is 10.2. The van der Waals surface area contributed by atoms with E-state index in [1.165, 1.54) is 0 Å². The van der Waals surface area contributed by atoms with Crippen molar-refractivity contribution in [1.82, 2.24) is 19.8 Å². The number of carbonyl (C=O) groups is 1. The van der Waals surface area contributed by atoms with Crippen molar-refractivity contribution in [2.45, 2.75) is 45.2 Å². The van der Waals surface area contributed by atoms with Crippen LogP contribution in [0.1, 0.15) is 46.3 Å². The molecule has 0 unspecified atom stereocenters. The van der Waals surface area contributed by atoms with E-state index in [-0.39, 0.29) is 11.6 Å². The summed E-state index contributed by atoms with van der Waals surface area (Å²) >= 11 is 0. The minimum absolute atomic E-state index is 0.266. The van der Waals surface area contributed by atoms with E-state index in [1.807, 2.05) is 0 Å². The number of aromatic nitrogens is 2. The highest BCUT2D eigenvalue weighted by Crippen LogP contribution is 2.21. The molecule has 0 saturated carbocycles. The molecule has 2 saturated heterocycles. The number of hydrogen-bond acceptors (Lipinski definition) is 6. The van der Waals surface area contributed by atoms with Crippen LogP contribution >= 0.6 is 0 Å². The predicted molar refractivity (Wildman–Crippen MR) is 125 cm³/mol. The van der Waals surface area contributed by atoms with Gasteiger partial charge in [-0.25, -0.2) is 4.98 Å². The molecular weight excluding hydrogens is 388 g/mol. The largest absolute Gasteiger partial charge is 0.355 e. The summed E-state index contributed by atoms with van der Waals surface area (Å²) in [5.41, 5.74) is 0.911. The summed E-state index contributed by atoms with van der Waals surface area (Å²) in [7, 11) is 0. The molecule has 2 aliphatic heterocycles. The zero-order chi connectivity index (χ0) is 23.4. The first-order valence-electron chi connectivity index (χ1n) is 12.3. The summed E-state index contributed by atoms with van der Waals surface area (Å²) in [4.78, 5) is 27.9. The predicted octanol–water partition coefficient (Wildman–Crippen LogP) is 3.11. The van der Waals surface area contributed by atoms with Gasteiger partial charge in [-0.2, -0.15) is 0 Å². The van der Waals surface area contributed by atoms with Gasteiger partial charge in [0.1, 0.15) is 11.5 Å². The Kier molecular flexibility index (Phi) is 6.32. The molecule has 166 valence electrons. The molecule has 0 bridgehead atoms. The van der Waals surface area contributed by atoms with Crippen LogP contribution in [0.2, 0.25) is 0 Å². The first kappa shape index (κ1) is 19.2. The van der Waals surface area contributed by atoms with Gasteiger partial charge in [-0.15, -0.1) is 0 Å². The Hall–Kier alpha value is -2.51. The molecule has 2 aromatic heterocycles. The molecule has 0 spiro atoms. The number of nitrogens with one attached hydrogen (secondary N) is 1. The molecule has 7 heteroatoms. The Labute approximate surface area is 188 Å². The lowest BCUT2D eigenvalue weighted by Gasteiger charge is -2.39. The van der Waals surface area contributed by atoms with Gasteiger partial charge in [0.05, 0.1) is 0 Å². The topological polar surface area (TPSA) is 64.6 Å². The Morgan fingerprint density at radius 2 is 1.87 bits per heavy atom. The highest BCUT2D eigenvalue weighted by Gasteiger charge is 2.27. The number of pyridine rings is 2. The molecule has 2 fully saturated rings. The minimum Gasteiger partial charge on any atom is -0.355 e. The average Bonchev–Trinajstić information content (AvgIpc) is 2.97. The molecule has 2 aliphatic rings. The van der Waals surface area contributed by atoms with Gasteiger partial charge in [-0.05, 0) is 70.5 Å². The Bertz CT molecular complexity index is 934. The fourth-order valence-corrected chi connectivity index (χ4v) is 4.41. The van der Waals surface area contributed by atoms with Crippen LogP contribution in [0, 0.1) is 0 Å². The molecule has 4 heterocycles. The van der Waals surface area contributed by atoms with Crippen LogP contribution in [0.25, 0.3) is 0 Å². The zero-order valence-electron chi connectivity index (χ0n) is 20.5.